The molecule has 0 aromatic heterocycles. The SMILES string of the molecule is CC(NC(=O)C1CCCN(S(=O)(=O)c2ccc(F)cc2)C1)C(=O)NC1CC1. The van der Waals surface area contributed by atoms with E-state index in [4.69, 9.17) is 0 Å². The molecule has 1 saturated heterocycles. The molecule has 0 radical (unpaired) electrons. The highest BCUT2D eigenvalue weighted by Gasteiger charge is 2.34. The highest BCUT2D eigenvalue weighted by Crippen LogP contribution is 2.24. The zero-order chi connectivity index (χ0) is 19.6. The van der Waals surface area contributed by atoms with Gasteiger partial charge in [-0.25, -0.2) is 12.8 Å². The molecule has 7 nitrogen and oxygen atoms in total. The Morgan fingerprint density at radius 1 is 1.19 bits per heavy atom. The normalized spacial score (nSPS) is 22.1. The Hall–Kier alpha value is -2.00. The van der Waals surface area contributed by atoms with E-state index < -0.39 is 27.8 Å². The largest absolute Gasteiger partial charge is 0.352 e. The van der Waals surface area contributed by atoms with Crippen molar-refractivity contribution in [3.05, 3.63) is 30.1 Å². The summed E-state index contributed by atoms with van der Waals surface area (Å²) in [4.78, 5) is 24.5. The van der Waals surface area contributed by atoms with Crippen molar-refractivity contribution in [2.45, 2.75) is 49.6 Å². The van der Waals surface area contributed by atoms with Gasteiger partial charge in [-0.1, -0.05) is 0 Å². The van der Waals surface area contributed by atoms with Gasteiger partial charge in [0.25, 0.3) is 0 Å². The molecule has 1 aliphatic carbocycles. The van der Waals surface area contributed by atoms with Crippen LogP contribution in [-0.4, -0.2) is 49.7 Å². The van der Waals surface area contributed by atoms with Crippen LogP contribution in [0.5, 0.6) is 0 Å². The number of piperidine rings is 1. The lowest BCUT2D eigenvalue weighted by Gasteiger charge is -2.31. The van der Waals surface area contributed by atoms with Gasteiger partial charge in [0, 0.05) is 19.1 Å². The quantitative estimate of drug-likeness (QED) is 0.749. The number of rotatable bonds is 6. The molecule has 2 unspecified atom stereocenters. The summed E-state index contributed by atoms with van der Waals surface area (Å²) >= 11 is 0. The van der Waals surface area contributed by atoms with Gasteiger partial charge >= 0.3 is 0 Å². The van der Waals surface area contributed by atoms with Gasteiger partial charge in [0.15, 0.2) is 0 Å². The lowest BCUT2D eigenvalue weighted by atomic mass is 9.98. The van der Waals surface area contributed by atoms with Crippen LogP contribution < -0.4 is 10.6 Å². The van der Waals surface area contributed by atoms with Crippen molar-refractivity contribution in [1.29, 1.82) is 0 Å². The van der Waals surface area contributed by atoms with E-state index in [-0.39, 0.29) is 29.3 Å². The Kier molecular flexibility index (Phi) is 5.81. The Morgan fingerprint density at radius 3 is 2.48 bits per heavy atom. The number of amides is 2. The molecule has 1 aromatic carbocycles. The van der Waals surface area contributed by atoms with E-state index in [9.17, 15) is 22.4 Å². The minimum Gasteiger partial charge on any atom is -0.352 e. The molecule has 27 heavy (non-hydrogen) atoms. The van der Waals surface area contributed by atoms with Crippen molar-refractivity contribution in [3.8, 4) is 0 Å². The number of benzene rings is 1. The maximum Gasteiger partial charge on any atom is 0.243 e. The second-order valence-electron chi connectivity index (χ2n) is 7.17. The first-order valence-electron chi connectivity index (χ1n) is 9.14. The summed E-state index contributed by atoms with van der Waals surface area (Å²) in [5.41, 5.74) is 0. The van der Waals surface area contributed by atoms with Crippen LogP contribution in [0.15, 0.2) is 29.2 Å². The molecule has 0 bridgehead atoms. The monoisotopic (exact) mass is 397 g/mol. The third-order valence-electron chi connectivity index (χ3n) is 4.88. The molecule has 2 atom stereocenters. The molecular formula is C18H24FN3O4S. The molecule has 9 heteroatoms. The molecule has 1 aliphatic heterocycles. The van der Waals surface area contributed by atoms with E-state index in [0.29, 0.717) is 19.4 Å². The van der Waals surface area contributed by atoms with Crippen molar-refractivity contribution in [2.24, 2.45) is 5.92 Å². The first-order valence-corrected chi connectivity index (χ1v) is 10.6. The lowest BCUT2D eigenvalue weighted by Crippen LogP contribution is -2.50. The Labute approximate surface area is 158 Å². The molecule has 2 N–H and O–H groups in total. The van der Waals surface area contributed by atoms with Crippen molar-refractivity contribution >= 4 is 21.8 Å². The summed E-state index contributed by atoms with van der Waals surface area (Å²) in [7, 11) is -3.79. The predicted molar refractivity (Wildman–Crippen MR) is 96.7 cm³/mol. The molecular weight excluding hydrogens is 373 g/mol. The van der Waals surface area contributed by atoms with Crippen LogP contribution in [0.4, 0.5) is 4.39 Å². The number of carbonyl (C=O) groups is 2. The molecule has 1 heterocycles. The molecule has 0 spiro atoms. The van der Waals surface area contributed by atoms with Crippen molar-refractivity contribution < 1.29 is 22.4 Å². The fraction of sp³-hybridized carbons (Fsp3) is 0.556. The average Bonchev–Trinajstić information content (AvgIpc) is 3.46. The number of nitrogens with zero attached hydrogens (tertiary/aromatic N) is 1. The zero-order valence-electron chi connectivity index (χ0n) is 15.2. The van der Waals surface area contributed by atoms with Crippen LogP contribution in [0, 0.1) is 11.7 Å². The lowest BCUT2D eigenvalue weighted by molar-refractivity contribution is -0.131. The maximum atomic E-state index is 13.1. The number of nitrogens with one attached hydrogen (secondary N) is 2. The van der Waals surface area contributed by atoms with Crippen molar-refractivity contribution in [3.63, 3.8) is 0 Å². The number of hydrogen-bond acceptors (Lipinski definition) is 4. The Balaban J connectivity index is 1.61. The van der Waals surface area contributed by atoms with Crippen LogP contribution in [0.1, 0.15) is 32.6 Å². The van der Waals surface area contributed by atoms with E-state index in [1.54, 1.807) is 6.92 Å². The summed E-state index contributed by atoms with van der Waals surface area (Å²) < 4.78 is 39.8. The first kappa shape index (κ1) is 19.8. The topological polar surface area (TPSA) is 95.6 Å². The standard InChI is InChI=1S/C18H24FN3O4S/c1-12(17(23)21-15-6-7-15)20-18(24)13-3-2-10-22(11-13)27(25,26)16-8-4-14(19)5-9-16/h4-5,8-9,12-13,15H,2-3,6-7,10-11H2,1H3,(H,20,24)(H,21,23). The number of halogens is 1. The van der Waals surface area contributed by atoms with Crippen molar-refractivity contribution in [2.75, 3.05) is 13.1 Å². The van der Waals surface area contributed by atoms with E-state index in [1.807, 2.05) is 0 Å². The van der Waals surface area contributed by atoms with Crippen LogP contribution in [0.3, 0.4) is 0 Å². The van der Waals surface area contributed by atoms with Crippen LogP contribution in [0.2, 0.25) is 0 Å². The number of carbonyl (C=O) groups excluding carboxylic acids is 2. The Bertz CT molecular complexity index is 808. The summed E-state index contributed by atoms with van der Waals surface area (Å²) in [5, 5.41) is 5.51. The minimum absolute atomic E-state index is 0.00198. The van der Waals surface area contributed by atoms with Crippen molar-refractivity contribution in [1.82, 2.24) is 14.9 Å². The molecule has 2 amide bonds. The average molecular weight is 397 g/mol. The fourth-order valence-electron chi connectivity index (χ4n) is 3.08. The second kappa shape index (κ2) is 7.93. The highest BCUT2D eigenvalue weighted by molar-refractivity contribution is 7.89. The van der Waals surface area contributed by atoms with Gasteiger partial charge in [-0.05, 0) is 56.9 Å². The molecule has 3 rings (SSSR count). The summed E-state index contributed by atoms with van der Waals surface area (Å²) in [6.07, 6.45) is 3.02. The number of sulfonamides is 1. The van der Waals surface area contributed by atoms with Gasteiger partial charge in [-0.2, -0.15) is 4.31 Å². The summed E-state index contributed by atoms with van der Waals surface area (Å²) in [6, 6.07) is 4.18. The maximum absolute atomic E-state index is 13.1. The fourth-order valence-corrected chi connectivity index (χ4v) is 4.60. The zero-order valence-corrected chi connectivity index (χ0v) is 16.0. The molecule has 2 fully saturated rings. The first-order chi connectivity index (χ1) is 12.8. The van der Waals surface area contributed by atoms with E-state index in [1.165, 1.54) is 16.4 Å². The van der Waals surface area contributed by atoms with Gasteiger partial charge < -0.3 is 10.6 Å². The van der Waals surface area contributed by atoms with E-state index in [0.717, 1.165) is 25.0 Å². The third kappa shape index (κ3) is 4.84. The van der Waals surface area contributed by atoms with Gasteiger partial charge in [0.05, 0.1) is 10.8 Å². The van der Waals surface area contributed by atoms with Crippen LogP contribution in [-0.2, 0) is 19.6 Å². The molecule has 148 valence electrons. The van der Waals surface area contributed by atoms with Gasteiger partial charge in [-0.3, -0.25) is 9.59 Å². The third-order valence-corrected chi connectivity index (χ3v) is 6.76. The second-order valence-corrected chi connectivity index (χ2v) is 9.11. The smallest absolute Gasteiger partial charge is 0.243 e. The van der Waals surface area contributed by atoms with E-state index in [2.05, 4.69) is 10.6 Å². The van der Waals surface area contributed by atoms with Gasteiger partial charge in [0.2, 0.25) is 21.8 Å². The van der Waals surface area contributed by atoms with E-state index >= 15 is 0 Å². The van der Waals surface area contributed by atoms with Crippen LogP contribution in [0.25, 0.3) is 0 Å². The summed E-state index contributed by atoms with van der Waals surface area (Å²) in [6.45, 7) is 1.97. The Morgan fingerprint density at radius 2 is 1.85 bits per heavy atom. The molecule has 2 aliphatic rings. The molecule has 1 saturated carbocycles. The minimum atomic E-state index is -3.79. The summed E-state index contributed by atoms with van der Waals surface area (Å²) in [5.74, 6) is -1.58. The number of hydrogen-bond donors (Lipinski definition) is 2. The highest BCUT2D eigenvalue weighted by atomic mass is 32.2. The van der Waals surface area contributed by atoms with Gasteiger partial charge in [0.1, 0.15) is 11.9 Å². The van der Waals surface area contributed by atoms with Gasteiger partial charge in [-0.15, -0.1) is 0 Å². The molecule has 1 aromatic rings. The van der Waals surface area contributed by atoms with Crippen LogP contribution >= 0.6 is 0 Å². The predicted octanol–water partition coefficient (Wildman–Crippen LogP) is 1.01.